The van der Waals surface area contributed by atoms with Crippen molar-refractivity contribution >= 4 is 11.8 Å². The maximum Gasteiger partial charge on any atom is 0.412 e. The average molecular weight is 237 g/mol. The van der Waals surface area contributed by atoms with Gasteiger partial charge in [0.25, 0.3) is 0 Å². The topological polar surface area (TPSA) is 47.6 Å². The Morgan fingerprint density at radius 2 is 2.06 bits per heavy atom. The molecule has 94 valence electrons. The minimum absolute atomic E-state index is 0.452. The summed E-state index contributed by atoms with van der Waals surface area (Å²) in [5.41, 5.74) is 1.21. The molecule has 1 rings (SSSR count). The van der Waals surface area contributed by atoms with Crippen LogP contribution in [0.2, 0.25) is 0 Å². The molecule has 0 fully saturated rings. The van der Waals surface area contributed by atoms with E-state index >= 15 is 0 Å². The molecule has 4 heteroatoms. The molecule has 1 aromatic carbocycles. The van der Waals surface area contributed by atoms with Crippen molar-refractivity contribution in [3.05, 3.63) is 29.8 Å². The number of nitrogens with one attached hydrogen (secondary N) is 1. The standard InChI is InChI=1S/C13H19NO3/c1-13(2,3)17-12(15)14-11-7-5-6-10(8-11)9-16-4/h5-8H,9H2,1-4H3,(H,14,15). The first-order valence-electron chi connectivity index (χ1n) is 5.48. The van der Waals surface area contributed by atoms with Gasteiger partial charge in [-0.3, -0.25) is 5.32 Å². The van der Waals surface area contributed by atoms with Crippen molar-refractivity contribution in [1.82, 2.24) is 0 Å². The van der Waals surface area contributed by atoms with Gasteiger partial charge in [-0.05, 0) is 38.5 Å². The van der Waals surface area contributed by atoms with Gasteiger partial charge < -0.3 is 9.47 Å². The van der Waals surface area contributed by atoms with E-state index < -0.39 is 11.7 Å². The van der Waals surface area contributed by atoms with Crippen LogP contribution in [0.15, 0.2) is 24.3 Å². The molecule has 1 N–H and O–H groups in total. The lowest BCUT2D eigenvalue weighted by atomic mass is 10.2. The van der Waals surface area contributed by atoms with E-state index in [1.54, 1.807) is 7.11 Å². The van der Waals surface area contributed by atoms with E-state index in [2.05, 4.69) is 5.32 Å². The molecule has 0 radical (unpaired) electrons. The van der Waals surface area contributed by atoms with Crippen molar-refractivity contribution < 1.29 is 14.3 Å². The summed E-state index contributed by atoms with van der Waals surface area (Å²) in [7, 11) is 1.63. The smallest absolute Gasteiger partial charge is 0.412 e. The van der Waals surface area contributed by atoms with Crippen molar-refractivity contribution in [2.75, 3.05) is 12.4 Å². The minimum atomic E-state index is -0.492. The molecule has 4 nitrogen and oxygen atoms in total. The summed E-state index contributed by atoms with van der Waals surface area (Å²) < 4.78 is 10.2. The molecule has 1 amide bonds. The van der Waals surface area contributed by atoms with Gasteiger partial charge in [0.2, 0.25) is 0 Å². The summed E-state index contributed by atoms with van der Waals surface area (Å²) in [5, 5.41) is 2.68. The highest BCUT2D eigenvalue weighted by Gasteiger charge is 2.16. The molecular weight excluding hydrogens is 218 g/mol. The Balaban J connectivity index is 2.62. The summed E-state index contributed by atoms with van der Waals surface area (Å²) >= 11 is 0. The number of ether oxygens (including phenoxy) is 2. The predicted molar refractivity (Wildman–Crippen MR) is 67.0 cm³/mol. The van der Waals surface area contributed by atoms with Crippen molar-refractivity contribution in [2.24, 2.45) is 0 Å². The Hall–Kier alpha value is -1.55. The first-order valence-corrected chi connectivity index (χ1v) is 5.48. The van der Waals surface area contributed by atoms with Crippen LogP contribution in [0.1, 0.15) is 26.3 Å². The van der Waals surface area contributed by atoms with Gasteiger partial charge in [-0.15, -0.1) is 0 Å². The van der Waals surface area contributed by atoms with Crippen molar-refractivity contribution in [3.63, 3.8) is 0 Å². The zero-order valence-corrected chi connectivity index (χ0v) is 10.7. The third-order valence-corrected chi connectivity index (χ3v) is 1.88. The second kappa shape index (κ2) is 5.68. The minimum Gasteiger partial charge on any atom is -0.444 e. The summed E-state index contributed by atoms with van der Waals surface area (Å²) in [6.45, 7) is 6.00. The van der Waals surface area contributed by atoms with E-state index in [-0.39, 0.29) is 0 Å². The molecule has 0 saturated carbocycles. The van der Waals surface area contributed by atoms with E-state index in [0.29, 0.717) is 12.3 Å². The van der Waals surface area contributed by atoms with Crippen LogP contribution >= 0.6 is 0 Å². The zero-order valence-electron chi connectivity index (χ0n) is 10.7. The second-order valence-electron chi connectivity index (χ2n) is 4.76. The fourth-order valence-corrected chi connectivity index (χ4v) is 1.33. The first-order chi connectivity index (χ1) is 7.90. The Kier molecular flexibility index (Phi) is 4.52. The van der Waals surface area contributed by atoms with Gasteiger partial charge in [0.1, 0.15) is 5.60 Å². The number of rotatable bonds is 3. The molecule has 0 aliphatic rings. The third-order valence-electron chi connectivity index (χ3n) is 1.88. The first kappa shape index (κ1) is 13.5. The number of hydrogen-bond donors (Lipinski definition) is 1. The Labute approximate surface area is 102 Å². The molecule has 0 aromatic heterocycles. The monoisotopic (exact) mass is 237 g/mol. The molecule has 0 atom stereocenters. The van der Waals surface area contributed by atoms with Gasteiger partial charge in [-0.1, -0.05) is 12.1 Å². The molecule has 0 saturated heterocycles. The lowest BCUT2D eigenvalue weighted by molar-refractivity contribution is 0.0636. The van der Waals surface area contributed by atoms with Crippen molar-refractivity contribution in [3.8, 4) is 0 Å². The van der Waals surface area contributed by atoms with Crippen LogP contribution in [0.3, 0.4) is 0 Å². The molecule has 17 heavy (non-hydrogen) atoms. The van der Waals surface area contributed by atoms with Crippen LogP contribution in [0.25, 0.3) is 0 Å². The van der Waals surface area contributed by atoms with Gasteiger partial charge in [0, 0.05) is 12.8 Å². The van der Waals surface area contributed by atoms with Gasteiger partial charge in [0.05, 0.1) is 6.61 Å². The van der Waals surface area contributed by atoms with E-state index in [9.17, 15) is 4.79 Å². The maximum absolute atomic E-state index is 11.5. The molecule has 0 unspecified atom stereocenters. The highest BCUT2D eigenvalue weighted by molar-refractivity contribution is 5.84. The largest absolute Gasteiger partial charge is 0.444 e. The summed E-state index contributed by atoms with van der Waals surface area (Å²) in [4.78, 5) is 11.5. The second-order valence-corrected chi connectivity index (χ2v) is 4.76. The number of hydrogen-bond acceptors (Lipinski definition) is 3. The summed E-state index contributed by atoms with van der Waals surface area (Å²) in [5.74, 6) is 0. The van der Waals surface area contributed by atoms with Crippen LogP contribution < -0.4 is 5.32 Å². The number of methoxy groups -OCH3 is 1. The SMILES string of the molecule is COCc1cccc(NC(=O)OC(C)(C)C)c1. The van der Waals surface area contributed by atoms with E-state index in [4.69, 9.17) is 9.47 Å². The van der Waals surface area contributed by atoms with Gasteiger partial charge in [0.15, 0.2) is 0 Å². The molecular formula is C13H19NO3. The van der Waals surface area contributed by atoms with Crippen molar-refractivity contribution in [1.29, 1.82) is 0 Å². The van der Waals surface area contributed by atoms with Crippen LogP contribution in [-0.2, 0) is 16.1 Å². The number of carbonyl (C=O) groups is 1. The highest BCUT2D eigenvalue weighted by atomic mass is 16.6. The molecule has 0 aliphatic heterocycles. The van der Waals surface area contributed by atoms with Crippen LogP contribution in [0.4, 0.5) is 10.5 Å². The third kappa shape index (κ3) is 5.36. The highest BCUT2D eigenvalue weighted by Crippen LogP contribution is 2.14. The zero-order chi connectivity index (χ0) is 12.9. The number of amides is 1. The molecule has 0 heterocycles. The maximum atomic E-state index is 11.5. The Morgan fingerprint density at radius 3 is 2.65 bits per heavy atom. The van der Waals surface area contributed by atoms with E-state index in [1.165, 1.54) is 0 Å². The molecule has 0 spiro atoms. The van der Waals surface area contributed by atoms with E-state index in [1.807, 2.05) is 45.0 Å². The molecule has 0 aliphatic carbocycles. The van der Waals surface area contributed by atoms with Crippen molar-refractivity contribution in [2.45, 2.75) is 33.0 Å². The van der Waals surface area contributed by atoms with Gasteiger partial charge in [-0.25, -0.2) is 4.79 Å². The number of benzene rings is 1. The quantitative estimate of drug-likeness (QED) is 0.878. The molecule has 0 bridgehead atoms. The predicted octanol–water partition coefficient (Wildman–Crippen LogP) is 3.18. The summed E-state index contributed by atoms with van der Waals surface area (Å²) in [6, 6.07) is 7.46. The van der Waals surface area contributed by atoms with Gasteiger partial charge in [-0.2, -0.15) is 0 Å². The number of anilines is 1. The Morgan fingerprint density at radius 1 is 1.35 bits per heavy atom. The Bertz CT molecular complexity index is 382. The molecule has 1 aromatic rings. The lowest BCUT2D eigenvalue weighted by Gasteiger charge is -2.19. The lowest BCUT2D eigenvalue weighted by Crippen LogP contribution is -2.27. The van der Waals surface area contributed by atoms with Crippen LogP contribution in [-0.4, -0.2) is 18.8 Å². The van der Waals surface area contributed by atoms with E-state index in [0.717, 1.165) is 5.56 Å². The normalized spacial score (nSPS) is 11.1. The van der Waals surface area contributed by atoms with Gasteiger partial charge >= 0.3 is 6.09 Å². The van der Waals surface area contributed by atoms with Crippen LogP contribution in [0.5, 0.6) is 0 Å². The fraction of sp³-hybridized carbons (Fsp3) is 0.462. The number of carbonyl (C=O) groups excluding carboxylic acids is 1. The van der Waals surface area contributed by atoms with Crippen LogP contribution in [0, 0.1) is 0 Å². The average Bonchev–Trinajstić information content (AvgIpc) is 2.15. The summed E-state index contributed by atoms with van der Waals surface area (Å²) in [6.07, 6.45) is -0.452. The fourth-order valence-electron chi connectivity index (χ4n) is 1.33.